The molecule has 0 bridgehead atoms. The average Bonchev–Trinajstić information content (AvgIpc) is 2.29. The molecule has 0 aliphatic rings. The highest BCUT2D eigenvalue weighted by atomic mass is 32.2. The number of hydrogen-bond donors (Lipinski definition) is 0. The summed E-state index contributed by atoms with van der Waals surface area (Å²) in [5, 5.41) is 10.3. The van der Waals surface area contributed by atoms with E-state index in [0.29, 0.717) is 5.56 Å². The molecule has 18 heavy (non-hydrogen) atoms. The summed E-state index contributed by atoms with van der Waals surface area (Å²) < 4.78 is 24.9. The third-order valence-corrected chi connectivity index (χ3v) is 4.80. The van der Waals surface area contributed by atoms with Crippen LogP contribution in [0.2, 0.25) is 0 Å². The third kappa shape index (κ3) is 3.05. The van der Waals surface area contributed by atoms with E-state index in [0.717, 1.165) is 4.31 Å². The predicted molar refractivity (Wildman–Crippen MR) is 68.6 cm³/mol. The Morgan fingerprint density at radius 2 is 1.89 bits per heavy atom. The first-order chi connectivity index (χ1) is 8.26. The summed E-state index contributed by atoms with van der Waals surface area (Å²) in [6.07, 6.45) is 0. The van der Waals surface area contributed by atoms with Crippen molar-refractivity contribution in [3.63, 3.8) is 0 Å². The zero-order valence-electron chi connectivity index (χ0n) is 10.5. The Bertz CT molecular complexity index is 540. The number of para-hydroxylation sites is 1. The Labute approximate surface area is 106 Å². The van der Waals surface area contributed by atoms with E-state index >= 15 is 0 Å². The molecule has 0 saturated carbocycles. The van der Waals surface area contributed by atoms with E-state index in [-0.39, 0.29) is 12.2 Å². The number of rotatable bonds is 5. The molecule has 0 atom stereocenters. The van der Waals surface area contributed by atoms with Gasteiger partial charge in [-0.15, -0.1) is 0 Å². The molecule has 0 N–H and O–H groups in total. The van der Waals surface area contributed by atoms with Crippen LogP contribution in [0.3, 0.4) is 0 Å². The Morgan fingerprint density at radius 3 is 2.39 bits per heavy atom. The number of nitro benzene ring substituents is 1. The highest BCUT2D eigenvalue weighted by Gasteiger charge is 2.24. The van der Waals surface area contributed by atoms with Crippen LogP contribution in [0.5, 0.6) is 0 Å². The topological polar surface area (TPSA) is 80.5 Å². The maximum absolute atomic E-state index is 11.9. The second-order valence-electron chi connectivity index (χ2n) is 4.24. The zero-order valence-corrected chi connectivity index (χ0v) is 11.3. The van der Waals surface area contributed by atoms with Gasteiger partial charge in [0.15, 0.2) is 0 Å². The molecule has 0 radical (unpaired) electrons. The molecular formula is C11H16N2O4S. The van der Waals surface area contributed by atoms with Crippen molar-refractivity contribution in [1.82, 2.24) is 4.31 Å². The van der Waals surface area contributed by atoms with Crippen LogP contribution in [0, 0.1) is 10.1 Å². The van der Waals surface area contributed by atoms with Gasteiger partial charge in [-0.05, 0) is 13.8 Å². The van der Waals surface area contributed by atoms with Gasteiger partial charge >= 0.3 is 0 Å². The van der Waals surface area contributed by atoms with Crippen LogP contribution < -0.4 is 0 Å². The third-order valence-electron chi connectivity index (χ3n) is 2.61. The molecule has 1 aromatic rings. The number of nitrogens with zero attached hydrogens (tertiary/aromatic N) is 2. The minimum absolute atomic E-state index is 0.00231. The number of sulfonamides is 1. The fourth-order valence-corrected chi connectivity index (χ4v) is 2.55. The summed E-state index contributed by atoms with van der Waals surface area (Å²) in [6, 6.07) is 6.13. The minimum atomic E-state index is -3.41. The molecule has 0 unspecified atom stereocenters. The monoisotopic (exact) mass is 272 g/mol. The van der Waals surface area contributed by atoms with Gasteiger partial charge in [-0.2, -0.15) is 0 Å². The van der Waals surface area contributed by atoms with Gasteiger partial charge in [0.05, 0.1) is 10.2 Å². The summed E-state index contributed by atoms with van der Waals surface area (Å²) >= 11 is 0. The van der Waals surface area contributed by atoms with Crippen molar-refractivity contribution >= 4 is 15.7 Å². The number of hydrogen-bond acceptors (Lipinski definition) is 4. The van der Waals surface area contributed by atoms with E-state index in [1.807, 2.05) is 0 Å². The Balaban J connectivity index is 3.03. The molecule has 0 aliphatic carbocycles. The Kier molecular flexibility index (Phi) is 4.42. The standard InChI is InChI=1S/C11H16N2O4S/c1-9(2)18(16,17)12(3)8-10-6-4-5-7-11(10)13(14)15/h4-7,9H,8H2,1-3H3. The van der Waals surface area contributed by atoms with Gasteiger partial charge in [-0.25, -0.2) is 12.7 Å². The van der Waals surface area contributed by atoms with Crippen LogP contribution in [0.25, 0.3) is 0 Å². The fourth-order valence-electron chi connectivity index (χ4n) is 1.51. The molecule has 0 fully saturated rings. The lowest BCUT2D eigenvalue weighted by atomic mass is 10.2. The minimum Gasteiger partial charge on any atom is -0.258 e. The lowest BCUT2D eigenvalue weighted by Crippen LogP contribution is -2.32. The highest BCUT2D eigenvalue weighted by molar-refractivity contribution is 7.89. The molecule has 1 rings (SSSR count). The van der Waals surface area contributed by atoms with Crippen LogP contribution in [0.15, 0.2) is 24.3 Å². The van der Waals surface area contributed by atoms with Crippen molar-refractivity contribution in [3.05, 3.63) is 39.9 Å². The first-order valence-electron chi connectivity index (χ1n) is 5.44. The van der Waals surface area contributed by atoms with Crippen molar-refractivity contribution in [2.75, 3.05) is 7.05 Å². The summed E-state index contributed by atoms with van der Waals surface area (Å²) in [5.74, 6) is 0. The van der Waals surface area contributed by atoms with E-state index in [4.69, 9.17) is 0 Å². The molecule has 0 amide bonds. The van der Waals surface area contributed by atoms with Crippen LogP contribution in [0.1, 0.15) is 19.4 Å². The van der Waals surface area contributed by atoms with Crippen molar-refractivity contribution < 1.29 is 13.3 Å². The second-order valence-corrected chi connectivity index (χ2v) is 6.83. The lowest BCUT2D eigenvalue weighted by Gasteiger charge is -2.19. The van der Waals surface area contributed by atoms with Gasteiger partial charge in [-0.3, -0.25) is 10.1 Å². The summed E-state index contributed by atoms with van der Waals surface area (Å²) in [7, 11) is -1.98. The van der Waals surface area contributed by atoms with Gasteiger partial charge in [0.1, 0.15) is 0 Å². The largest absolute Gasteiger partial charge is 0.273 e. The maximum Gasteiger partial charge on any atom is 0.273 e. The molecule has 0 aromatic heterocycles. The van der Waals surface area contributed by atoms with Crippen LogP contribution in [0.4, 0.5) is 5.69 Å². The molecule has 6 nitrogen and oxygen atoms in total. The van der Waals surface area contributed by atoms with E-state index in [1.165, 1.54) is 13.1 Å². The van der Waals surface area contributed by atoms with Crippen LogP contribution >= 0.6 is 0 Å². The highest BCUT2D eigenvalue weighted by Crippen LogP contribution is 2.20. The predicted octanol–water partition coefficient (Wildman–Crippen LogP) is 1.76. The maximum atomic E-state index is 11.9. The lowest BCUT2D eigenvalue weighted by molar-refractivity contribution is -0.385. The van der Waals surface area contributed by atoms with Crippen molar-refractivity contribution in [2.45, 2.75) is 25.6 Å². The van der Waals surface area contributed by atoms with E-state index in [1.54, 1.807) is 32.0 Å². The molecular weight excluding hydrogens is 256 g/mol. The number of benzene rings is 1. The fraction of sp³-hybridized carbons (Fsp3) is 0.455. The normalized spacial score (nSPS) is 12.1. The summed E-state index contributed by atoms with van der Waals surface area (Å²) in [5.41, 5.74) is 0.317. The van der Waals surface area contributed by atoms with Crippen LogP contribution in [-0.4, -0.2) is 29.9 Å². The molecule has 7 heteroatoms. The van der Waals surface area contributed by atoms with Gasteiger partial charge in [0.25, 0.3) is 5.69 Å². The molecule has 0 saturated heterocycles. The summed E-state index contributed by atoms with van der Waals surface area (Å²) in [4.78, 5) is 10.3. The average molecular weight is 272 g/mol. The second kappa shape index (κ2) is 5.45. The van der Waals surface area contributed by atoms with E-state index in [2.05, 4.69) is 0 Å². The SMILES string of the molecule is CC(C)S(=O)(=O)N(C)Cc1ccccc1[N+](=O)[O-]. The van der Waals surface area contributed by atoms with Crippen LogP contribution in [-0.2, 0) is 16.6 Å². The summed E-state index contributed by atoms with van der Waals surface area (Å²) in [6.45, 7) is 3.15. The van der Waals surface area contributed by atoms with Gasteiger partial charge in [0, 0.05) is 25.2 Å². The van der Waals surface area contributed by atoms with Gasteiger partial charge in [0.2, 0.25) is 10.0 Å². The Hall–Kier alpha value is -1.47. The van der Waals surface area contributed by atoms with E-state index < -0.39 is 20.2 Å². The quantitative estimate of drug-likeness (QED) is 0.604. The first-order valence-corrected chi connectivity index (χ1v) is 6.94. The molecule has 0 spiro atoms. The smallest absolute Gasteiger partial charge is 0.258 e. The molecule has 0 aliphatic heterocycles. The molecule has 0 heterocycles. The van der Waals surface area contributed by atoms with Gasteiger partial charge in [-0.1, -0.05) is 18.2 Å². The Morgan fingerprint density at radius 1 is 1.33 bits per heavy atom. The first kappa shape index (κ1) is 14.6. The number of nitro groups is 1. The van der Waals surface area contributed by atoms with Crippen molar-refractivity contribution in [2.24, 2.45) is 0 Å². The molecule has 1 aromatic carbocycles. The molecule has 100 valence electrons. The van der Waals surface area contributed by atoms with Gasteiger partial charge < -0.3 is 0 Å². The zero-order chi connectivity index (χ0) is 13.9. The van der Waals surface area contributed by atoms with E-state index in [9.17, 15) is 18.5 Å². The van der Waals surface area contributed by atoms with Crippen molar-refractivity contribution in [3.8, 4) is 0 Å². The van der Waals surface area contributed by atoms with Crippen molar-refractivity contribution in [1.29, 1.82) is 0 Å².